The molecule has 1 fully saturated rings. The zero-order valence-electron chi connectivity index (χ0n) is 19.4. The highest BCUT2D eigenvalue weighted by molar-refractivity contribution is 5.90. The van der Waals surface area contributed by atoms with Gasteiger partial charge in [0.15, 0.2) is 0 Å². The average molecular weight is 425 g/mol. The molecule has 170 valence electrons. The maximum Gasteiger partial charge on any atom is 0.233 e. The maximum absolute atomic E-state index is 13.7. The van der Waals surface area contributed by atoms with Crippen molar-refractivity contribution in [1.82, 2.24) is 4.90 Å². The van der Waals surface area contributed by atoms with Crippen LogP contribution in [0.1, 0.15) is 81.9 Å². The molecule has 1 aromatic carbocycles. The highest BCUT2D eigenvalue weighted by atomic mass is 16.2. The molecule has 1 heterocycles. The van der Waals surface area contributed by atoms with Crippen LogP contribution in [-0.4, -0.2) is 30.4 Å². The summed E-state index contributed by atoms with van der Waals surface area (Å²) in [6.45, 7) is 6.68. The van der Waals surface area contributed by atoms with Crippen LogP contribution in [0, 0.1) is 29.1 Å². The molecule has 0 aromatic heterocycles. The standard InChI is InChI=1S/C26H40N4O/c1-19(2)22-8-5-20(6-9-22)4-3-11-26(12-13-27)24-10-7-21(17-29)16-23(24)18-30(15-14-28)25(26)31/h7,10,16,19-20,22H,3-6,8-9,11-15,18,27-28H2,1-2H3. The molecule has 1 unspecified atom stereocenters. The summed E-state index contributed by atoms with van der Waals surface area (Å²) in [5, 5.41) is 9.36. The van der Waals surface area contributed by atoms with Gasteiger partial charge in [-0.15, -0.1) is 0 Å². The van der Waals surface area contributed by atoms with Gasteiger partial charge in [0.2, 0.25) is 5.91 Å². The zero-order chi connectivity index (χ0) is 22.4. The highest BCUT2D eigenvalue weighted by Gasteiger charge is 2.46. The van der Waals surface area contributed by atoms with Crippen LogP contribution in [0.2, 0.25) is 0 Å². The number of rotatable bonds is 9. The van der Waals surface area contributed by atoms with Crippen LogP contribution in [0.15, 0.2) is 18.2 Å². The Balaban J connectivity index is 1.78. The second-order valence-electron chi connectivity index (χ2n) is 10.0. The minimum absolute atomic E-state index is 0.170. The third-order valence-electron chi connectivity index (χ3n) is 7.83. The largest absolute Gasteiger partial charge is 0.336 e. The Morgan fingerprint density at radius 1 is 1.16 bits per heavy atom. The van der Waals surface area contributed by atoms with Crippen LogP contribution in [-0.2, 0) is 16.8 Å². The molecule has 0 bridgehead atoms. The number of carbonyl (C=O) groups is 1. The Hall–Kier alpha value is -1.90. The fraction of sp³-hybridized carbons (Fsp3) is 0.692. The average Bonchev–Trinajstić information content (AvgIpc) is 2.77. The monoisotopic (exact) mass is 424 g/mol. The molecular weight excluding hydrogens is 384 g/mol. The van der Waals surface area contributed by atoms with E-state index in [1.165, 1.54) is 32.1 Å². The van der Waals surface area contributed by atoms with Gasteiger partial charge in [0.1, 0.15) is 0 Å². The minimum atomic E-state index is -0.583. The molecule has 1 saturated carbocycles. The van der Waals surface area contributed by atoms with E-state index in [-0.39, 0.29) is 5.91 Å². The van der Waals surface area contributed by atoms with Crippen molar-refractivity contribution in [3.05, 3.63) is 34.9 Å². The summed E-state index contributed by atoms with van der Waals surface area (Å²) < 4.78 is 0. The van der Waals surface area contributed by atoms with Crippen LogP contribution in [0.25, 0.3) is 0 Å². The molecular formula is C26H40N4O. The molecule has 1 amide bonds. The second kappa shape index (κ2) is 10.6. The first-order valence-electron chi connectivity index (χ1n) is 12.2. The molecule has 1 atom stereocenters. The lowest BCUT2D eigenvalue weighted by atomic mass is 9.67. The number of hydrogen-bond donors (Lipinski definition) is 2. The van der Waals surface area contributed by atoms with Crippen molar-refractivity contribution in [1.29, 1.82) is 5.26 Å². The quantitative estimate of drug-likeness (QED) is 0.624. The Kier molecular flexibility index (Phi) is 8.13. The molecule has 5 nitrogen and oxygen atoms in total. The van der Waals surface area contributed by atoms with Gasteiger partial charge in [-0.1, -0.05) is 45.6 Å². The molecule has 0 spiro atoms. The van der Waals surface area contributed by atoms with Crippen molar-refractivity contribution in [2.45, 2.75) is 77.2 Å². The SMILES string of the molecule is CC(C)C1CCC(CCCC2(CCN)C(=O)N(CCN)Cc3cc(C#N)ccc32)CC1. The number of benzene rings is 1. The fourth-order valence-corrected chi connectivity index (χ4v) is 5.98. The van der Waals surface area contributed by atoms with E-state index < -0.39 is 5.41 Å². The van der Waals surface area contributed by atoms with Gasteiger partial charge in [-0.25, -0.2) is 0 Å². The van der Waals surface area contributed by atoms with Gasteiger partial charge in [-0.05, 0) is 73.2 Å². The van der Waals surface area contributed by atoms with E-state index in [2.05, 4.69) is 19.9 Å². The van der Waals surface area contributed by atoms with Crippen molar-refractivity contribution >= 4 is 5.91 Å². The number of nitrogens with zero attached hydrogens (tertiary/aromatic N) is 2. The molecule has 1 aliphatic carbocycles. The van der Waals surface area contributed by atoms with E-state index in [9.17, 15) is 10.1 Å². The Morgan fingerprint density at radius 2 is 1.90 bits per heavy atom. The van der Waals surface area contributed by atoms with E-state index in [0.717, 1.165) is 41.7 Å². The van der Waals surface area contributed by atoms with Crippen LogP contribution in [0.4, 0.5) is 0 Å². The third kappa shape index (κ3) is 5.13. The number of amides is 1. The molecule has 0 saturated heterocycles. The van der Waals surface area contributed by atoms with Crippen LogP contribution in [0.5, 0.6) is 0 Å². The first kappa shape index (κ1) is 23.8. The van der Waals surface area contributed by atoms with Crippen molar-refractivity contribution < 1.29 is 4.79 Å². The lowest BCUT2D eigenvalue weighted by molar-refractivity contribution is -0.140. The van der Waals surface area contributed by atoms with Gasteiger partial charge in [0, 0.05) is 19.6 Å². The summed E-state index contributed by atoms with van der Waals surface area (Å²) in [7, 11) is 0. The highest BCUT2D eigenvalue weighted by Crippen LogP contribution is 2.43. The predicted molar refractivity (Wildman–Crippen MR) is 125 cm³/mol. The number of nitrogens with two attached hydrogens (primary N) is 2. The van der Waals surface area contributed by atoms with E-state index in [4.69, 9.17) is 11.5 Å². The Morgan fingerprint density at radius 3 is 2.52 bits per heavy atom. The van der Waals surface area contributed by atoms with Gasteiger partial charge >= 0.3 is 0 Å². The maximum atomic E-state index is 13.7. The lowest BCUT2D eigenvalue weighted by Gasteiger charge is -2.44. The first-order chi connectivity index (χ1) is 14.9. The summed E-state index contributed by atoms with van der Waals surface area (Å²) >= 11 is 0. The van der Waals surface area contributed by atoms with Crippen molar-refractivity contribution in [2.75, 3.05) is 19.6 Å². The summed E-state index contributed by atoms with van der Waals surface area (Å²) in [6.07, 6.45) is 9.04. The topological polar surface area (TPSA) is 96.1 Å². The molecule has 2 aliphatic rings. The van der Waals surface area contributed by atoms with Crippen LogP contribution < -0.4 is 11.5 Å². The number of nitriles is 1. The summed E-state index contributed by atoms with van der Waals surface area (Å²) in [5.74, 6) is 2.62. The van der Waals surface area contributed by atoms with Gasteiger partial charge in [0.25, 0.3) is 0 Å². The van der Waals surface area contributed by atoms with Gasteiger partial charge in [0.05, 0.1) is 17.0 Å². The Bertz CT molecular complexity index is 791. The molecule has 4 N–H and O–H groups in total. The van der Waals surface area contributed by atoms with Gasteiger partial charge in [-0.2, -0.15) is 5.26 Å². The zero-order valence-corrected chi connectivity index (χ0v) is 19.4. The number of fused-ring (bicyclic) bond motifs is 1. The third-order valence-corrected chi connectivity index (χ3v) is 7.83. The Labute approximate surface area is 188 Å². The second-order valence-corrected chi connectivity index (χ2v) is 10.0. The van der Waals surface area contributed by atoms with Crippen molar-refractivity contribution in [2.24, 2.45) is 29.2 Å². The number of hydrogen-bond acceptors (Lipinski definition) is 4. The normalized spacial score (nSPS) is 26.1. The van der Waals surface area contributed by atoms with Gasteiger partial charge in [-0.3, -0.25) is 4.79 Å². The van der Waals surface area contributed by atoms with E-state index >= 15 is 0 Å². The molecule has 1 aliphatic heterocycles. The summed E-state index contributed by atoms with van der Waals surface area (Å²) in [6, 6.07) is 8.05. The molecule has 3 rings (SSSR count). The van der Waals surface area contributed by atoms with Crippen molar-refractivity contribution in [3.63, 3.8) is 0 Å². The molecule has 0 radical (unpaired) electrons. The first-order valence-corrected chi connectivity index (χ1v) is 12.2. The fourth-order valence-electron chi connectivity index (χ4n) is 5.98. The van der Waals surface area contributed by atoms with Crippen LogP contribution in [0.3, 0.4) is 0 Å². The van der Waals surface area contributed by atoms with Crippen LogP contribution >= 0.6 is 0 Å². The van der Waals surface area contributed by atoms with E-state index in [1.807, 2.05) is 23.1 Å². The predicted octanol–water partition coefficient (Wildman–Crippen LogP) is 4.08. The molecule has 5 heteroatoms. The minimum Gasteiger partial charge on any atom is -0.336 e. The van der Waals surface area contributed by atoms with E-state index in [0.29, 0.717) is 38.2 Å². The van der Waals surface area contributed by atoms with Gasteiger partial charge < -0.3 is 16.4 Å². The lowest BCUT2D eigenvalue weighted by Crippen LogP contribution is -2.53. The van der Waals surface area contributed by atoms with E-state index in [1.54, 1.807) is 0 Å². The smallest absolute Gasteiger partial charge is 0.233 e. The summed E-state index contributed by atoms with van der Waals surface area (Å²) in [4.78, 5) is 15.6. The van der Waals surface area contributed by atoms with Crippen molar-refractivity contribution in [3.8, 4) is 6.07 Å². The number of carbonyl (C=O) groups excluding carboxylic acids is 1. The summed E-state index contributed by atoms with van der Waals surface area (Å²) in [5.41, 5.74) is 14.1. The molecule has 1 aromatic rings. The molecule has 31 heavy (non-hydrogen) atoms.